The molecular weight excluding hydrogens is 312 g/mol. The zero-order valence-corrected chi connectivity index (χ0v) is 13.4. The number of carbonyl (C=O) groups excluding carboxylic acids is 1. The zero-order chi connectivity index (χ0) is 15.1. The van der Waals surface area contributed by atoms with Crippen LogP contribution in [0.4, 0.5) is 5.69 Å². The highest BCUT2D eigenvalue weighted by Gasteiger charge is 2.32. The molecule has 4 nitrogen and oxygen atoms in total. The van der Waals surface area contributed by atoms with Crippen molar-refractivity contribution in [3.63, 3.8) is 0 Å². The number of aliphatic hydroxyl groups is 1. The first-order valence-corrected chi connectivity index (χ1v) is 7.66. The van der Waals surface area contributed by atoms with Crippen LogP contribution in [0.1, 0.15) is 33.1 Å². The van der Waals surface area contributed by atoms with Gasteiger partial charge in [0.05, 0.1) is 12.1 Å². The van der Waals surface area contributed by atoms with Crippen LogP contribution in [0.5, 0.6) is 0 Å². The molecule has 23 heavy (non-hydrogen) atoms. The first-order chi connectivity index (χ1) is 10.7. The van der Waals surface area contributed by atoms with Crippen LogP contribution in [-0.4, -0.2) is 23.7 Å². The molecule has 1 amide bonds. The predicted molar refractivity (Wildman–Crippen MR) is 92.2 cm³/mol. The Morgan fingerprint density at radius 1 is 1.17 bits per heavy atom. The van der Waals surface area contributed by atoms with Crippen LogP contribution >= 0.6 is 12.4 Å². The van der Waals surface area contributed by atoms with E-state index >= 15 is 0 Å². The Kier molecular flexibility index (Phi) is 4.28. The van der Waals surface area contributed by atoms with Gasteiger partial charge in [0.25, 0.3) is 5.91 Å². The maximum absolute atomic E-state index is 12.5. The van der Waals surface area contributed by atoms with Gasteiger partial charge in [-0.05, 0) is 41.3 Å². The molecule has 2 aromatic carbocycles. The molecule has 2 atom stereocenters. The average molecular weight is 331 g/mol. The third kappa shape index (κ3) is 2.80. The molecule has 2 aromatic rings. The molecule has 0 bridgehead atoms. The number of halogens is 1. The van der Waals surface area contributed by atoms with Gasteiger partial charge in [0.1, 0.15) is 0 Å². The van der Waals surface area contributed by atoms with Crippen LogP contribution in [0.2, 0.25) is 0 Å². The molecule has 0 radical (unpaired) electrons. The molecule has 120 valence electrons. The van der Waals surface area contributed by atoms with Crippen molar-refractivity contribution in [1.82, 2.24) is 5.32 Å². The van der Waals surface area contributed by atoms with Crippen LogP contribution in [0.15, 0.2) is 42.5 Å². The van der Waals surface area contributed by atoms with Gasteiger partial charge in [0, 0.05) is 24.2 Å². The third-order valence-electron chi connectivity index (χ3n) is 4.57. The zero-order valence-electron chi connectivity index (χ0n) is 12.6. The summed E-state index contributed by atoms with van der Waals surface area (Å²) >= 11 is 0. The van der Waals surface area contributed by atoms with Crippen LogP contribution in [0.25, 0.3) is 0 Å². The Morgan fingerprint density at radius 2 is 2.00 bits per heavy atom. The van der Waals surface area contributed by atoms with Gasteiger partial charge in [-0.1, -0.05) is 24.3 Å². The van der Waals surface area contributed by atoms with E-state index in [1.807, 2.05) is 42.5 Å². The van der Waals surface area contributed by atoms with E-state index in [1.54, 1.807) is 0 Å². The monoisotopic (exact) mass is 330 g/mol. The molecule has 0 saturated carbocycles. The van der Waals surface area contributed by atoms with Crippen LogP contribution < -0.4 is 10.6 Å². The quantitative estimate of drug-likeness (QED) is 0.792. The first-order valence-electron chi connectivity index (χ1n) is 7.66. The molecule has 1 aliphatic carbocycles. The van der Waals surface area contributed by atoms with E-state index in [2.05, 4.69) is 10.6 Å². The van der Waals surface area contributed by atoms with Crippen molar-refractivity contribution in [2.75, 3.05) is 11.9 Å². The highest BCUT2D eigenvalue weighted by atomic mass is 35.5. The highest BCUT2D eigenvalue weighted by molar-refractivity contribution is 5.95. The van der Waals surface area contributed by atoms with E-state index in [9.17, 15) is 9.90 Å². The highest BCUT2D eigenvalue weighted by Crippen LogP contribution is 2.31. The summed E-state index contributed by atoms with van der Waals surface area (Å²) in [5, 5.41) is 16.5. The Balaban J connectivity index is 0.00000156. The topological polar surface area (TPSA) is 61.4 Å². The van der Waals surface area contributed by atoms with Crippen LogP contribution in [0.3, 0.4) is 0 Å². The number of fused-ring (bicyclic) bond motifs is 2. The van der Waals surface area contributed by atoms with Crippen molar-refractivity contribution in [3.8, 4) is 0 Å². The van der Waals surface area contributed by atoms with Gasteiger partial charge >= 0.3 is 0 Å². The van der Waals surface area contributed by atoms with Gasteiger partial charge in [-0.2, -0.15) is 0 Å². The lowest BCUT2D eigenvalue weighted by atomic mass is 10.1. The van der Waals surface area contributed by atoms with E-state index < -0.39 is 6.10 Å². The summed E-state index contributed by atoms with van der Waals surface area (Å²) in [6.07, 6.45) is 0.984. The normalized spacial score (nSPS) is 20.9. The number of rotatable bonds is 2. The second-order valence-corrected chi connectivity index (χ2v) is 5.97. The van der Waals surface area contributed by atoms with Gasteiger partial charge in [0.15, 0.2) is 0 Å². The Hall–Kier alpha value is -2.04. The third-order valence-corrected chi connectivity index (χ3v) is 4.57. The lowest BCUT2D eigenvalue weighted by Gasteiger charge is -2.18. The molecule has 2 aliphatic rings. The van der Waals surface area contributed by atoms with Gasteiger partial charge in [-0.25, -0.2) is 0 Å². The average Bonchev–Trinajstić information content (AvgIpc) is 3.11. The molecule has 1 aliphatic heterocycles. The lowest BCUT2D eigenvalue weighted by Crippen LogP contribution is -2.33. The lowest BCUT2D eigenvalue weighted by molar-refractivity contribution is 0.0858. The standard InChI is InChI=1S/C18H18N2O2.ClH/c21-16-10-11-3-1-2-4-14(11)17(16)20-18(22)13-5-6-15-12(9-13)7-8-19-15;/h1-6,9,16-17,19,21H,7-8,10H2,(H,20,22);1H/t16-,17+;/m0./s1. The summed E-state index contributed by atoms with van der Waals surface area (Å²) in [7, 11) is 0. The minimum absolute atomic E-state index is 0. The molecule has 0 fully saturated rings. The van der Waals surface area contributed by atoms with E-state index in [1.165, 1.54) is 5.56 Å². The number of anilines is 1. The summed E-state index contributed by atoms with van der Waals surface area (Å²) < 4.78 is 0. The van der Waals surface area contributed by atoms with Crippen molar-refractivity contribution in [3.05, 3.63) is 64.7 Å². The number of hydrogen-bond donors (Lipinski definition) is 3. The minimum atomic E-state index is -0.558. The number of benzene rings is 2. The minimum Gasteiger partial charge on any atom is -0.390 e. The number of nitrogens with one attached hydrogen (secondary N) is 2. The molecule has 0 spiro atoms. The molecular formula is C18H19ClN2O2. The van der Waals surface area contributed by atoms with Crippen LogP contribution in [0, 0.1) is 0 Å². The number of hydrogen-bond acceptors (Lipinski definition) is 3. The number of carbonyl (C=O) groups is 1. The summed E-state index contributed by atoms with van der Waals surface area (Å²) in [6.45, 7) is 0.926. The largest absolute Gasteiger partial charge is 0.390 e. The fourth-order valence-electron chi connectivity index (χ4n) is 3.42. The number of amides is 1. The van der Waals surface area contributed by atoms with Gasteiger partial charge in [-0.15, -0.1) is 12.4 Å². The van der Waals surface area contributed by atoms with E-state index in [4.69, 9.17) is 0 Å². The molecule has 1 heterocycles. The Labute approximate surface area is 141 Å². The SMILES string of the molecule is Cl.O=C(N[C@@H]1c2ccccc2C[C@@H]1O)c1ccc2c(c1)CCN2. The van der Waals surface area contributed by atoms with E-state index in [0.717, 1.165) is 29.8 Å². The fourth-order valence-corrected chi connectivity index (χ4v) is 3.42. The molecule has 0 aromatic heterocycles. The van der Waals surface area contributed by atoms with Gasteiger partial charge in [-0.3, -0.25) is 4.79 Å². The van der Waals surface area contributed by atoms with E-state index in [-0.39, 0.29) is 24.4 Å². The smallest absolute Gasteiger partial charge is 0.251 e. The maximum atomic E-state index is 12.5. The first kappa shape index (κ1) is 15.8. The summed E-state index contributed by atoms with van der Waals surface area (Å²) in [6, 6.07) is 13.3. The number of aliphatic hydroxyl groups excluding tert-OH is 1. The molecule has 3 N–H and O–H groups in total. The summed E-state index contributed by atoms with van der Waals surface area (Å²) in [4.78, 5) is 12.5. The van der Waals surface area contributed by atoms with Crippen molar-refractivity contribution < 1.29 is 9.90 Å². The van der Waals surface area contributed by atoms with Crippen molar-refractivity contribution >= 4 is 24.0 Å². The van der Waals surface area contributed by atoms with Crippen molar-refractivity contribution in [2.45, 2.75) is 25.0 Å². The Morgan fingerprint density at radius 3 is 2.87 bits per heavy atom. The summed E-state index contributed by atoms with van der Waals surface area (Å²) in [5.74, 6) is -0.129. The second-order valence-electron chi connectivity index (χ2n) is 5.97. The summed E-state index contributed by atoms with van der Waals surface area (Å²) in [5.41, 5.74) is 5.08. The molecule has 4 rings (SSSR count). The predicted octanol–water partition coefficient (Wildman–Crippen LogP) is 2.46. The second kappa shape index (κ2) is 6.22. The van der Waals surface area contributed by atoms with Crippen LogP contribution in [-0.2, 0) is 12.8 Å². The Bertz CT molecular complexity index is 748. The fraction of sp³-hybridized carbons (Fsp3) is 0.278. The molecule has 5 heteroatoms. The molecule has 0 saturated heterocycles. The maximum Gasteiger partial charge on any atom is 0.251 e. The van der Waals surface area contributed by atoms with Gasteiger partial charge < -0.3 is 15.7 Å². The van der Waals surface area contributed by atoms with E-state index in [0.29, 0.717) is 12.0 Å². The van der Waals surface area contributed by atoms with Crippen molar-refractivity contribution in [2.24, 2.45) is 0 Å². The molecule has 0 unspecified atom stereocenters. The van der Waals surface area contributed by atoms with Crippen molar-refractivity contribution in [1.29, 1.82) is 0 Å². The van der Waals surface area contributed by atoms with Gasteiger partial charge in [0.2, 0.25) is 0 Å².